The molecule has 0 saturated heterocycles. The summed E-state index contributed by atoms with van der Waals surface area (Å²) in [5.74, 6) is -0.921. The van der Waals surface area contributed by atoms with Crippen molar-refractivity contribution in [3.63, 3.8) is 0 Å². The number of nitro groups is 1. The average molecular weight is 498 g/mol. The summed E-state index contributed by atoms with van der Waals surface area (Å²) in [5.41, 5.74) is 1.28. The van der Waals surface area contributed by atoms with Crippen LogP contribution in [0.5, 0.6) is 11.5 Å². The first-order chi connectivity index (χ1) is 16.7. The standard InChI is InChI=1S/C24H20ClN3O7/c1-34-23(30)14-26-22(29)12-15-2-7-18(8-3-15)27-24(31)16-4-9-19(10-5-16)35-21-11-6-17(25)13-20(21)28(32)33/h2-11,13H,12,14H2,1H3,(H,26,29)(H,27,31). The molecule has 0 aliphatic heterocycles. The van der Waals surface area contributed by atoms with Crippen molar-refractivity contribution in [3.05, 3.63) is 93.0 Å². The van der Waals surface area contributed by atoms with E-state index >= 15 is 0 Å². The minimum atomic E-state index is -0.594. The molecule has 0 heterocycles. The van der Waals surface area contributed by atoms with Gasteiger partial charge in [0.1, 0.15) is 12.3 Å². The van der Waals surface area contributed by atoms with Gasteiger partial charge in [0.25, 0.3) is 5.91 Å². The summed E-state index contributed by atoms with van der Waals surface area (Å²) in [6.45, 7) is -0.204. The van der Waals surface area contributed by atoms with Gasteiger partial charge in [0, 0.05) is 22.3 Å². The smallest absolute Gasteiger partial charge is 0.325 e. The molecule has 3 aromatic carbocycles. The van der Waals surface area contributed by atoms with Crippen LogP contribution in [0.15, 0.2) is 66.7 Å². The van der Waals surface area contributed by atoms with Crippen LogP contribution >= 0.6 is 11.6 Å². The van der Waals surface area contributed by atoms with Crippen LogP contribution in [0.25, 0.3) is 0 Å². The number of nitrogens with zero attached hydrogens (tertiary/aromatic N) is 1. The van der Waals surface area contributed by atoms with Crippen LogP contribution in [0.4, 0.5) is 11.4 Å². The van der Waals surface area contributed by atoms with Crippen molar-refractivity contribution in [2.45, 2.75) is 6.42 Å². The maximum atomic E-state index is 12.5. The Morgan fingerprint density at radius 3 is 2.31 bits per heavy atom. The Kier molecular flexibility index (Phi) is 8.36. The van der Waals surface area contributed by atoms with E-state index in [-0.39, 0.29) is 41.2 Å². The molecule has 0 atom stereocenters. The molecule has 0 unspecified atom stereocenters. The van der Waals surface area contributed by atoms with E-state index < -0.39 is 10.9 Å². The summed E-state index contributed by atoms with van der Waals surface area (Å²) in [5, 5.41) is 16.6. The number of methoxy groups -OCH3 is 1. The van der Waals surface area contributed by atoms with Crippen LogP contribution in [0.2, 0.25) is 5.02 Å². The molecule has 0 aromatic heterocycles. The number of halogens is 1. The largest absolute Gasteiger partial charge is 0.468 e. The Morgan fingerprint density at radius 1 is 1.00 bits per heavy atom. The van der Waals surface area contributed by atoms with Crippen molar-refractivity contribution in [1.82, 2.24) is 5.32 Å². The van der Waals surface area contributed by atoms with Gasteiger partial charge in [-0.1, -0.05) is 23.7 Å². The summed E-state index contributed by atoms with van der Waals surface area (Å²) in [6, 6.07) is 16.8. The van der Waals surface area contributed by atoms with Crippen molar-refractivity contribution in [1.29, 1.82) is 0 Å². The molecule has 3 rings (SSSR count). The SMILES string of the molecule is COC(=O)CNC(=O)Cc1ccc(NC(=O)c2ccc(Oc3ccc(Cl)cc3[N+](=O)[O-])cc2)cc1. The van der Waals surface area contributed by atoms with Gasteiger partial charge in [-0.05, 0) is 54.1 Å². The van der Waals surface area contributed by atoms with E-state index in [2.05, 4.69) is 15.4 Å². The van der Waals surface area contributed by atoms with Gasteiger partial charge in [0.05, 0.1) is 18.5 Å². The highest BCUT2D eigenvalue weighted by molar-refractivity contribution is 6.30. The third-order valence-electron chi connectivity index (χ3n) is 4.70. The Morgan fingerprint density at radius 2 is 1.69 bits per heavy atom. The molecule has 2 amide bonds. The lowest BCUT2D eigenvalue weighted by atomic mass is 10.1. The summed E-state index contributed by atoms with van der Waals surface area (Å²) in [4.78, 5) is 46.1. The summed E-state index contributed by atoms with van der Waals surface area (Å²) in [7, 11) is 1.24. The number of carbonyl (C=O) groups excluding carboxylic acids is 3. The fourth-order valence-corrected chi connectivity index (χ4v) is 3.09. The Labute approximate surface area is 205 Å². The zero-order valence-corrected chi connectivity index (χ0v) is 19.2. The molecule has 0 bridgehead atoms. The number of esters is 1. The van der Waals surface area contributed by atoms with E-state index in [0.717, 1.165) is 0 Å². The quantitative estimate of drug-likeness (QED) is 0.257. The van der Waals surface area contributed by atoms with Crippen LogP contribution in [0.1, 0.15) is 15.9 Å². The minimum Gasteiger partial charge on any atom is -0.468 e. The van der Waals surface area contributed by atoms with E-state index in [1.807, 2.05) is 0 Å². The number of ether oxygens (including phenoxy) is 2. The number of nitro benzene ring substituents is 1. The first-order valence-corrected chi connectivity index (χ1v) is 10.6. The molecular weight excluding hydrogens is 478 g/mol. The van der Waals surface area contributed by atoms with Gasteiger partial charge in [-0.2, -0.15) is 0 Å². The van der Waals surface area contributed by atoms with E-state index in [9.17, 15) is 24.5 Å². The number of anilines is 1. The maximum absolute atomic E-state index is 12.5. The molecule has 3 aromatic rings. The Bertz CT molecular complexity index is 1240. The molecule has 180 valence electrons. The molecule has 0 radical (unpaired) electrons. The Hall–Kier alpha value is -4.44. The van der Waals surface area contributed by atoms with Crippen molar-refractivity contribution >= 4 is 40.8 Å². The van der Waals surface area contributed by atoms with Gasteiger partial charge in [-0.15, -0.1) is 0 Å². The lowest BCUT2D eigenvalue weighted by Crippen LogP contribution is -2.31. The molecule has 0 saturated carbocycles. The highest BCUT2D eigenvalue weighted by atomic mass is 35.5. The van der Waals surface area contributed by atoms with E-state index in [0.29, 0.717) is 22.6 Å². The van der Waals surface area contributed by atoms with Crippen LogP contribution in [0, 0.1) is 10.1 Å². The third-order valence-corrected chi connectivity index (χ3v) is 4.93. The first-order valence-electron chi connectivity index (χ1n) is 10.2. The van der Waals surface area contributed by atoms with Gasteiger partial charge >= 0.3 is 11.7 Å². The van der Waals surface area contributed by atoms with Gasteiger partial charge in [0.2, 0.25) is 11.7 Å². The fourth-order valence-electron chi connectivity index (χ4n) is 2.92. The second-order valence-electron chi connectivity index (χ2n) is 7.18. The number of hydrogen-bond donors (Lipinski definition) is 2. The van der Waals surface area contributed by atoms with Gasteiger partial charge in [-0.3, -0.25) is 24.5 Å². The molecule has 0 aliphatic carbocycles. The van der Waals surface area contributed by atoms with Gasteiger partial charge < -0.3 is 20.1 Å². The molecule has 10 nitrogen and oxygen atoms in total. The van der Waals surface area contributed by atoms with Gasteiger partial charge in [0.15, 0.2) is 0 Å². The first kappa shape index (κ1) is 25.2. The average Bonchev–Trinajstić information content (AvgIpc) is 2.85. The summed E-state index contributed by atoms with van der Waals surface area (Å²) < 4.78 is 10.0. The molecule has 35 heavy (non-hydrogen) atoms. The van der Waals surface area contributed by atoms with E-state index in [4.69, 9.17) is 16.3 Å². The number of nitrogens with one attached hydrogen (secondary N) is 2. The van der Waals surface area contributed by atoms with E-state index in [1.165, 1.54) is 49.6 Å². The molecule has 2 N–H and O–H groups in total. The van der Waals surface area contributed by atoms with Crippen molar-refractivity contribution in [3.8, 4) is 11.5 Å². The predicted molar refractivity (Wildman–Crippen MR) is 128 cm³/mol. The molecule has 11 heteroatoms. The molecule has 0 aliphatic rings. The zero-order valence-electron chi connectivity index (χ0n) is 18.4. The number of benzene rings is 3. The fraction of sp³-hybridized carbons (Fsp3) is 0.125. The predicted octanol–water partition coefficient (Wildman–Crippen LogP) is 4.12. The van der Waals surface area contributed by atoms with Crippen LogP contribution < -0.4 is 15.4 Å². The number of amides is 2. The van der Waals surface area contributed by atoms with Crippen LogP contribution in [-0.2, 0) is 20.7 Å². The number of rotatable bonds is 9. The van der Waals surface area contributed by atoms with Crippen molar-refractivity contribution < 1.29 is 28.8 Å². The molecular formula is C24H20ClN3O7. The van der Waals surface area contributed by atoms with Crippen molar-refractivity contribution in [2.24, 2.45) is 0 Å². The van der Waals surface area contributed by atoms with Gasteiger partial charge in [-0.25, -0.2) is 0 Å². The van der Waals surface area contributed by atoms with Crippen LogP contribution in [0.3, 0.4) is 0 Å². The second-order valence-corrected chi connectivity index (χ2v) is 7.61. The van der Waals surface area contributed by atoms with Crippen LogP contribution in [-0.4, -0.2) is 36.4 Å². The monoisotopic (exact) mass is 497 g/mol. The third kappa shape index (κ3) is 7.27. The lowest BCUT2D eigenvalue weighted by Gasteiger charge is -2.09. The highest BCUT2D eigenvalue weighted by Gasteiger charge is 2.17. The molecule has 0 fully saturated rings. The Balaban J connectivity index is 1.57. The number of hydrogen-bond acceptors (Lipinski definition) is 7. The molecule has 0 spiro atoms. The maximum Gasteiger partial charge on any atom is 0.325 e. The normalized spacial score (nSPS) is 10.2. The summed E-state index contributed by atoms with van der Waals surface area (Å²) in [6.07, 6.45) is 0.0679. The second kappa shape index (κ2) is 11.6. The minimum absolute atomic E-state index is 0.0238. The zero-order chi connectivity index (χ0) is 25.4. The summed E-state index contributed by atoms with van der Waals surface area (Å²) >= 11 is 5.81. The number of carbonyl (C=O) groups is 3. The van der Waals surface area contributed by atoms with E-state index in [1.54, 1.807) is 24.3 Å². The van der Waals surface area contributed by atoms with Crippen molar-refractivity contribution in [2.75, 3.05) is 19.0 Å². The highest BCUT2D eigenvalue weighted by Crippen LogP contribution is 2.33. The lowest BCUT2D eigenvalue weighted by molar-refractivity contribution is -0.385. The topological polar surface area (TPSA) is 137 Å².